The molecule has 0 aliphatic carbocycles. The summed E-state index contributed by atoms with van der Waals surface area (Å²) in [7, 11) is -2.62. The van der Waals surface area contributed by atoms with Gasteiger partial charge in [0.2, 0.25) is 10.0 Å². The Balaban J connectivity index is 1.89. The van der Waals surface area contributed by atoms with E-state index in [0.717, 1.165) is 16.3 Å². The van der Waals surface area contributed by atoms with E-state index in [0.29, 0.717) is 0 Å². The maximum atomic E-state index is 12.6. The second kappa shape index (κ2) is 7.45. The molecule has 0 heterocycles. The van der Waals surface area contributed by atoms with Gasteiger partial charge in [0.05, 0.1) is 22.6 Å². The van der Waals surface area contributed by atoms with Crippen LogP contribution in [0.4, 0.5) is 0 Å². The van der Waals surface area contributed by atoms with Gasteiger partial charge in [0, 0.05) is 6.54 Å². The van der Waals surface area contributed by atoms with Crippen molar-refractivity contribution in [2.45, 2.75) is 11.4 Å². The Morgan fingerprint density at radius 2 is 1.81 bits per heavy atom. The maximum Gasteiger partial charge on any atom is 0.339 e. The van der Waals surface area contributed by atoms with Gasteiger partial charge in [0.15, 0.2) is 0 Å². The molecule has 0 atom stereocenters. The first-order chi connectivity index (χ1) is 12.4. The highest BCUT2D eigenvalue weighted by atomic mass is 35.5. The summed E-state index contributed by atoms with van der Waals surface area (Å²) in [4.78, 5) is 11.7. The van der Waals surface area contributed by atoms with Crippen LogP contribution in [0.15, 0.2) is 65.6 Å². The van der Waals surface area contributed by atoms with Crippen molar-refractivity contribution >= 4 is 38.4 Å². The topological polar surface area (TPSA) is 72.5 Å². The minimum Gasteiger partial charge on any atom is -0.465 e. The van der Waals surface area contributed by atoms with Gasteiger partial charge in [0.25, 0.3) is 0 Å². The van der Waals surface area contributed by atoms with E-state index in [2.05, 4.69) is 9.46 Å². The zero-order chi connectivity index (χ0) is 18.7. The third-order valence-corrected chi connectivity index (χ3v) is 5.71. The molecule has 0 saturated heterocycles. The lowest BCUT2D eigenvalue weighted by atomic mass is 10.1. The second-order valence-electron chi connectivity index (χ2n) is 5.60. The van der Waals surface area contributed by atoms with Crippen molar-refractivity contribution in [3.05, 3.63) is 76.8 Å². The lowest BCUT2D eigenvalue weighted by Gasteiger charge is -2.11. The van der Waals surface area contributed by atoms with Gasteiger partial charge in [-0.1, -0.05) is 54.1 Å². The molecule has 0 aromatic heterocycles. The number of carbonyl (C=O) groups excluding carboxylic acids is 1. The second-order valence-corrected chi connectivity index (χ2v) is 7.77. The molecular formula is C19H16ClNO4S. The third-order valence-electron chi connectivity index (χ3n) is 3.99. The number of fused-ring (bicyclic) bond motifs is 1. The maximum absolute atomic E-state index is 12.6. The summed E-state index contributed by atoms with van der Waals surface area (Å²) in [5, 5.41) is 2.14. The first-order valence-electron chi connectivity index (χ1n) is 7.76. The van der Waals surface area contributed by atoms with Gasteiger partial charge < -0.3 is 4.74 Å². The van der Waals surface area contributed by atoms with Gasteiger partial charge in [-0.05, 0) is 34.5 Å². The number of sulfonamides is 1. The van der Waals surface area contributed by atoms with Crippen LogP contribution in [-0.4, -0.2) is 21.5 Å². The Kier molecular flexibility index (Phi) is 5.27. The molecule has 0 amide bonds. The molecule has 3 aromatic rings. The summed E-state index contributed by atoms with van der Waals surface area (Å²) >= 11 is 5.94. The van der Waals surface area contributed by atoms with Crippen molar-refractivity contribution in [3.8, 4) is 0 Å². The Labute approximate surface area is 156 Å². The highest BCUT2D eigenvalue weighted by molar-refractivity contribution is 7.89. The zero-order valence-electron chi connectivity index (χ0n) is 13.9. The summed E-state index contributed by atoms with van der Waals surface area (Å²) in [6.07, 6.45) is 0. The molecule has 7 heteroatoms. The summed E-state index contributed by atoms with van der Waals surface area (Å²) < 4.78 is 32.4. The van der Waals surface area contributed by atoms with E-state index in [9.17, 15) is 13.2 Å². The van der Waals surface area contributed by atoms with Crippen LogP contribution in [0.5, 0.6) is 0 Å². The number of hydrogen-bond acceptors (Lipinski definition) is 4. The number of carbonyl (C=O) groups is 1. The molecule has 134 valence electrons. The predicted octanol–water partition coefficient (Wildman–Crippen LogP) is 3.76. The predicted molar refractivity (Wildman–Crippen MR) is 101 cm³/mol. The van der Waals surface area contributed by atoms with E-state index >= 15 is 0 Å². The van der Waals surface area contributed by atoms with Gasteiger partial charge in [-0.25, -0.2) is 17.9 Å². The normalized spacial score (nSPS) is 11.5. The molecule has 1 N–H and O–H groups in total. The lowest BCUT2D eigenvalue weighted by molar-refractivity contribution is 0.0600. The Bertz CT molecular complexity index is 1070. The first kappa shape index (κ1) is 18.4. The minimum absolute atomic E-state index is 0.00204. The fourth-order valence-electron chi connectivity index (χ4n) is 2.64. The third kappa shape index (κ3) is 3.72. The van der Waals surface area contributed by atoms with Crippen molar-refractivity contribution in [1.82, 2.24) is 4.72 Å². The van der Waals surface area contributed by atoms with Gasteiger partial charge in [-0.3, -0.25) is 0 Å². The van der Waals surface area contributed by atoms with Gasteiger partial charge in [-0.2, -0.15) is 0 Å². The number of rotatable bonds is 5. The van der Waals surface area contributed by atoms with Crippen molar-refractivity contribution in [3.63, 3.8) is 0 Å². The van der Waals surface area contributed by atoms with Crippen molar-refractivity contribution in [1.29, 1.82) is 0 Å². The number of halogens is 1. The Morgan fingerprint density at radius 1 is 1.08 bits per heavy atom. The van der Waals surface area contributed by atoms with Crippen molar-refractivity contribution < 1.29 is 17.9 Å². The smallest absolute Gasteiger partial charge is 0.339 e. The van der Waals surface area contributed by atoms with E-state index in [1.165, 1.54) is 25.3 Å². The zero-order valence-corrected chi connectivity index (χ0v) is 15.5. The van der Waals surface area contributed by atoms with E-state index < -0.39 is 16.0 Å². The quantitative estimate of drug-likeness (QED) is 0.674. The lowest BCUT2D eigenvalue weighted by Crippen LogP contribution is -2.23. The molecule has 0 spiro atoms. The van der Waals surface area contributed by atoms with Crippen LogP contribution >= 0.6 is 11.6 Å². The average Bonchev–Trinajstić information content (AvgIpc) is 2.66. The van der Waals surface area contributed by atoms with E-state index in [1.807, 2.05) is 42.5 Å². The number of nitrogens with one attached hydrogen (secondary N) is 1. The van der Waals surface area contributed by atoms with Gasteiger partial charge >= 0.3 is 5.97 Å². The Hall–Kier alpha value is -2.41. The molecule has 3 aromatic carbocycles. The number of hydrogen-bond donors (Lipinski definition) is 1. The molecule has 0 unspecified atom stereocenters. The van der Waals surface area contributed by atoms with Crippen molar-refractivity contribution in [2.24, 2.45) is 0 Å². The summed E-state index contributed by atoms with van der Waals surface area (Å²) in [6, 6.07) is 17.4. The minimum atomic E-state index is -3.82. The van der Waals surface area contributed by atoms with E-state index in [1.54, 1.807) is 0 Å². The van der Waals surface area contributed by atoms with Crippen LogP contribution in [-0.2, 0) is 21.3 Å². The summed E-state index contributed by atoms with van der Waals surface area (Å²) in [5.41, 5.74) is 0.857. The van der Waals surface area contributed by atoms with Crippen LogP contribution in [0.3, 0.4) is 0 Å². The van der Waals surface area contributed by atoms with Crippen LogP contribution in [0.25, 0.3) is 10.8 Å². The van der Waals surface area contributed by atoms with Gasteiger partial charge in [0.1, 0.15) is 0 Å². The molecule has 0 fully saturated rings. The van der Waals surface area contributed by atoms with E-state index in [-0.39, 0.29) is 22.0 Å². The molecule has 0 bridgehead atoms. The highest BCUT2D eigenvalue weighted by Crippen LogP contribution is 2.22. The van der Waals surface area contributed by atoms with Crippen LogP contribution < -0.4 is 4.72 Å². The van der Waals surface area contributed by atoms with Gasteiger partial charge in [-0.15, -0.1) is 0 Å². The van der Waals surface area contributed by atoms with Crippen LogP contribution in [0, 0.1) is 0 Å². The largest absolute Gasteiger partial charge is 0.465 e. The molecule has 0 aliphatic rings. The van der Waals surface area contributed by atoms with Crippen LogP contribution in [0.2, 0.25) is 5.02 Å². The summed E-state index contributed by atoms with van der Waals surface area (Å²) in [6.45, 7) is 0.125. The molecular weight excluding hydrogens is 374 g/mol. The standard InChI is InChI=1S/C19H16ClNO4S/c1-25-19(22)17-11-15(9-10-18(17)20)26(23,24)21-12-14-7-4-6-13-5-2-3-8-16(13)14/h2-11,21H,12H2,1H3. The molecule has 0 radical (unpaired) electrons. The molecule has 0 saturated carbocycles. The van der Waals surface area contributed by atoms with E-state index in [4.69, 9.17) is 11.6 Å². The number of methoxy groups -OCH3 is 1. The fraction of sp³-hybridized carbons (Fsp3) is 0.105. The molecule has 3 rings (SSSR count). The highest BCUT2D eigenvalue weighted by Gasteiger charge is 2.19. The number of benzene rings is 3. The first-order valence-corrected chi connectivity index (χ1v) is 9.62. The average molecular weight is 390 g/mol. The molecule has 0 aliphatic heterocycles. The SMILES string of the molecule is COC(=O)c1cc(S(=O)(=O)NCc2cccc3ccccc23)ccc1Cl. The number of esters is 1. The molecule has 5 nitrogen and oxygen atoms in total. The fourth-order valence-corrected chi connectivity index (χ4v) is 3.87. The Morgan fingerprint density at radius 3 is 2.58 bits per heavy atom. The van der Waals surface area contributed by atoms with Crippen molar-refractivity contribution in [2.75, 3.05) is 7.11 Å². The molecule has 26 heavy (non-hydrogen) atoms. The monoisotopic (exact) mass is 389 g/mol. The van der Waals surface area contributed by atoms with Crippen LogP contribution in [0.1, 0.15) is 15.9 Å². The number of ether oxygens (including phenoxy) is 1. The summed E-state index contributed by atoms with van der Waals surface area (Å²) in [5.74, 6) is -0.693.